The fourth-order valence-corrected chi connectivity index (χ4v) is 0.932. The van der Waals surface area contributed by atoms with Gasteiger partial charge < -0.3 is 4.74 Å². The van der Waals surface area contributed by atoms with Gasteiger partial charge in [0, 0.05) is 6.20 Å². The maximum absolute atomic E-state index is 5.22. The molecular formula is C8H9NO. The van der Waals surface area contributed by atoms with Gasteiger partial charge in [0.25, 0.3) is 0 Å². The van der Waals surface area contributed by atoms with Crippen LogP contribution in [0.2, 0.25) is 0 Å². The Morgan fingerprint density at radius 2 is 2.40 bits per heavy atom. The highest BCUT2D eigenvalue weighted by atomic mass is 16.6. The van der Waals surface area contributed by atoms with Crippen molar-refractivity contribution in [2.75, 3.05) is 6.61 Å². The molecular weight excluding hydrogens is 126 g/mol. The van der Waals surface area contributed by atoms with Gasteiger partial charge in [-0.2, -0.15) is 0 Å². The summed E-state index contributed by atoms with van der Waals surface area (Å²) in [7, 11) is 0. The van der Waals surface area contributed by atoms with Crippen LogP contribution in [0.3, 0.4) is 0 Å². The second kappa shape index (κ2) is 1.80. The Bertz CT molecular complexity index is 228. The summed E-state index contributed by atoms with van der Waals surface area (Å²) in [5, 5.41) is 0. The lowest BCUT2D eigenvalue weighted by molar-refractivity contribution is 0.324. The Hall–Kier alpha value is -0.890. The summed E-state index contributed by atoms with van der Waals surface area (Å²) < 4.78 is 5.22. The first-order valence-corrected chi connectivity index (χ1v) is 3.37. The summed E-state index contributed by atoms with van der Waals surface area (Å²) in [6.07, 6.45) is 1.79. The molecule has 0 radical (unpaired) electrons. The van der Waals surface area contributed by atoms with Gasteiger partial charge in [-0.3, -0.25) is 4.98 Å². The molecule has 2 rings (SSSR count). The second-order valence-corrected chi connectivity index (χ2v) is 2.73. The quantitative estimate of drug-likeness (QED) is 0.543. The van der Waals surface area contributed by atoms with Gasteiger partial charge in [0.2, 0.25) is 0 Å². The van der Waals surface area contributed by atoms with Crippen molar-refractivity contribution in [1.82, 2.24) is 4.98 Å². The molecule has 52 valence electrons. The molecule has 0 N–H and O–H groups in total. The normalized spacial score (nSPS) is 30.1. The molecule has 0 bridgehead atoms. The zero-order valence-corrected chi connectivity index (χ0v) is 5.87. The number of ether oxygens (including phenoxy) is 1. The Balaban J connectivity index is 2.35. The van der Waals surface area contributed by atoms with E-state index in [2.05, 4.69) is 11.9 Å². The third kappa shape index (κ3) is 0.809. The van der Waals surface area contributed by atoms with E-state index in [0.29, 0.717) is 0 Å². The number of rotatable bonds is 1. The van der Waals surface area contributed by atoms with E-state index in [1.807, 2.05) is 18.2 Å². The minimum absolute atomic E-state index is 0.0682. The third-order valence-electron chi connectivity index (χ3n) is 1.78. The van der Waals surface area contributed by atoms with E-state index in [-0.39, 0.29) is 5.60 Å². The van der Waals surface area contributed by atoms with Gasteiger partial charge in [-0.15, -0.1) is 0 Å². The van der Waals surface area contributed by atoms with E-state index in [1.54, 1.807) is 6.20 Å². The monoisotopic (exact) mass is 135 g/mol. The lowest BCUT2D eigenvalue weighted by Crippen LogP contribution is -2.03. The Morgan fingerprint density at radius 3 is 2.90 bits per heavy atom. The maximum atomic E-state index is 5.22. The molecule has 1 aromatic heterocycles. The zero-order chi connectivity index (χ0) is 7.03. The largest absolute Gasteiger partial charge is 0.363 e. The third-order valence-corrected chi connectivity index (χ3v) is 1.78. The minimum Gasteiger partial charge on any atom is -0.363 e. The van der Waals surface area contributed by atoms with Crippen molar-refractivity contribution in [3.63, 3.8) is 0 Å². The number of hydrogen-bond donors (Lipinski definition) is 0. The summed E-state index contributed by atoms with van der Waals surface area (Å²) in [4.78, 5) is 4.19. The molecule has 2 nitrogen and oxygen atoms in total. The number of aromatic nitrogens is 1. The van der Waals surface area contributed by atoms with Gasteiger partial charge in [-0.05, 0) is 19.1 Å². The number of hydrogen-bond acceptors (Lipinski definition) is 2. The van der Waals surface area contributed by atoms with Gasteiger partial charge in [0.15, 0.2) is 0 Å². The minimum atomic E-state index is -0.0682. The molecule has 0 amide bonds. The fraction of sp³-hybridized carbons (Fsp3) is 0.375. The van der Waals surface area contributed by atoms with Crippen molar-refractivity contribution in [2.24, 2.45) is 0 Å². The van der Waals surface area contributed by atoms with Crippen molar-refractivity contribution in [2.45, 2.75) is 12.5 Å². The second-order valence-electron chi connectivity index (χ2n) is 2.73. The van der Waals surface area contributed by atoms with Gasteiger partial charge in [0.05, 0.1) is 12.3 Å². The van der Waals surface area contributed by atoms with Crippen molar-refractivity contribution >= 4 is 0 Å². The first kappa shape index (κ1) is 5.86. The molecule has 1 fully saturated rings. The molecule has 1 aliphatic rings. The molecule has 1 atom stereocenters. The predicted octanol–water partition coefficient (Wildman–Crippen LogP) is 1.33. The number of nitrogens with zero attached hydrogens (tertiary/aromatic N) is 1. The van der Waals surface area contributed by atoms with E-state index in [0.717, 1.165) is 12.3 Å². The average molecular weight is 135 g/mol. The van der Waals surface area contributed by atoms with Crippen LogP contribution in [0.4, 0.5) is 0 Å². The molecule has 1 aliphatic heterocycles. The van der Waals surface area contributed by atoms with E-state index in [4.69, 9.17) is 4.74 Å². The summed E-state index contributed by atoms with van der Waals surface area (Å²) in [6.45, 7) is 2.86. The first-order valence-electron chi connectivity index (χ1n) is 3.37. The molecule has 0 saturated carbocycles. The SMILES string of the molecule is CC1(c2ccccn2)CO1. The Morgan fingerprint density at radius 1 is 1.60 bits per heavy atom. The summed E-state index contributed by atoms with van der Waals surface area (Å²) in [6, 6.07) is 5.89. The average Bonchev–Trinajstić information content (AvgIpc) is 2.72. The highest BCUT2D eigenvalue weighted by Crippen LogP contribution is 2.35. The van der Waals surface area contributed by atoms with E-state index in [9.17, 15) is 0 Å². The van der Waals surface area contributed by atoms with Crippen LogP contribution in [0, 0.1) is 0 Å². The number of pyridine rings is 1. The molecule has 2 heterocycles. The van der Waals surface area contributed by atoms with Crippen molar-refractivity contribution in [3.8, 4) is 0 Å². The predicted molar refractivity (Wildman–Crippen MR) is 37.5 cm³/mol. The molecule has 2 heteroatoms. The van der Waals surface area contributed by atoms with Crippen LogP contribution in [0.25, 0.3) is 0 Å². The summed E-state index contributed by atoms with van der Waals surface area (Å²) in [5.74, 6) is 0. The van der Waals surface area contributed by atoms with Crippen LogP contribution >= 0.6 is 0 Å². The van der Waals surface area contributed by atoms with Gasteiger partial charge in [-0.25, -0.2) is 0 Å². The van der Waals surface area contributed by atoms with Gasteiger partial charge >= 0.3 is 0 Å². The van der Waals surface area contributed by atoms with Crippen LogP contribution in [-0.4, -0.2) is 11.6 Å². The molecule has 0 aliphatic carbocycles. The highest BCUT2D eigenvalue weighted by molar-refractivity contribution is 5.16. The molecule has 0 aromatic carbocycles. The van der Waals surface area contributed by atoms with Gasteiger partial charge in [-0.1, -0.05) is 6.07 Å². The molecule has 1 unspecified atom stereocenters. The smallest absolute Gasteiger partial charge is 0.130 e. The van der Waals surface area contributed by atoms with Crippen LogP contribution in [0.15, 0.2) is 24.4 Å². The maximum Gasteiger partial charge on any atom is 0.130 e. The standard InChI is InChI=1S/C8H9NO/c1-8(6-10-8)7-4-2-3-5-9-7/h2-5H,6H2,1H3. The zero-order valence-electron chi connectivity index (χ0n) is 5.87. The lowest BCUT2D eigenvalue weighted by atomic mass is 10.1. The van der Waals surface area contributed by atoms with Crippen LogP contribution in [0.1, 0.15) is 12.6 Å². The number of epoxide rings is 1. The van der Waals surface area contributed by atoms with Crippen molar-refractivity contribution in [3.05, 3.63) is 30.1 Å². The van der Waals surface area contributed by atoms with Crippen LogP contribution in [0.5, 0.6) is 0 Å². The molecule has 1 aromatic rings. The van der Waals surface area contributed by atoms with Crippen LogP contribution in [-0.2, 0) is 10.3 Å². The van der Waals surface area contributed by atoms with E-state index in [1.165, 1.54) is 0 Å². The topological polar surface area (TPSA) is 25.4 Å². The molecule has 1 saturated heterocycles. The van der Waals surface area contributed by atoms with E-state index < -0.39 is 0 Å². The van der Waals surface area contributed by atoms with E-state index >= 15 is 0 Å². The summed E-state index contributed by atoms with van der Waals surface area (Å²) in [5.41, 5.74) is 0.969. The Kier molecular flexibility index (Phi) is 1.05. The lowest BCUT2D eigenvalue weighted by Gasteiger charge is -2.01. The summed E-state index contributed by atoms with van der Waals surface area (Å²) >= 11 is 0. The molecule has 10 heavy (non-hydrogen) atoms. The molecule has 0 spiro atoms. The van der Waals surface area contributed by atoms with Crippen LogP contribution < -0.4 is 0 Å². The first-order chi connectivity index (χ1) is 4.81. The Labute approximate surface area is 59.9 Å². The van der Waals surface area contributed by atoms with Gasteiger partial charge in [0.1, 0.15) is 5.60 Å². The highest BCUT2D eigenvalue weighted by Gasteiger charge is 2.42. The van der Waals surface area contributed by atoms with Crippen molar-refractivity contribution in [1.29, 1.82) is 0 Å². The fourth-order valence-electron chi connectivity index (χ4n) is 0.932. The van der Waals surface area contributed by atoms with Crippen molar-refractivity contribution < 1.29 is 4.74 Å².